The van der Waals surface area contributed by atoms with Gasteiger partial charge in [0, 0.05) is 65.9 Å². The Bertz CT molecular complexity index is 1940. The van der Waals surface area contributed by atoms with Crippen LogP contribution in [0.25, 0.3) is 22.2 Å². The third-order valence-electron chi connectivity index (χ3n) is 9.89. The van der Waals surface area contributed by atoms with Crippen LogP contribution in [0.4, 0.5) is 23.5 Å². The van der Waals surface area contributed by atoms with Gasteiger partial charge in [0.2, 0.25) is 5.95 Å². The Balaban J connectivity index is 1.21. The molecule has 0 fully saturated rings. The molecule has 1 aliphatic heterocycles. The summed E-state index contributed by atoms with van der Waals surface area (Å²) in [6.07, 6.45) is 5.26. The summed E-state index contributed by atoms with van der Waals surface area (Å²) in [5, 5.41) is 8.41. The molecule has 0 amide bonds. The van der Waals surface area contributed by atoms with E-state index >= 15 is 4.39 Å². The largest absolute Gasteiger partial charge is 0.419 e. The van der Waals surface area contributed by atoms with E-state index in [0.29, 0.717) is 60.0 Å². The van der Waals surface area contributed by atoms with Gasteiger partial charge in [-0.25, -0.2) is 14.4 Å². The fourth-order valence-corrected chi connectivity index (χ4v) is 7.25. The van der Waals surface area contributed by atoms with Crippen molar-refractivity contribution in [2.75, 3.05) is 18.2 Å². The predicted octanol–water partition coefficient (Wildman–Crippen LogP) is 8.15. The lowest BCUT2D eigenvalue weighted by Gasteiger charge is -2.28. The minimum Gasteiger partial charge on any atom is -0.361 e. The Morgan fingerprint density at radius 1 is 1.04 bits per heavy atom. The molecule has 0 bridgehead atoms. The Morgan fingerprint density at radius 2 is 1.82 bits per heavy atom. The number of aromatic nitrogens is 5. The van der Waals surface area contributed by atoms with E-state index in [4.69, 9.17) is 9.47 Å². The van der Waals surface area contributed by atoms with Crippen LogP contribution in [-0.4, -0.2) is 38.5 Å². The van der Waals surface area contributed by atoms with Gasteiger partial charge in [-0.05, 0) is 47.8 Å². The Labute approximate surface area is 281 Å². The molecule has 1 aliphatic carbocycles. The van der Waals surface area contributed by atoms with Crippen LogP contribution < -0.4 is 4.90 Å². The van der Waals surface area contributed by atoms with Crippen LogP contribution in [0.5, 0.6) is 0 Å². The van der Waals surface area contributed by atoms with Crippen molar-refractivity contribution < 1.29 is 27.0 Å². The van der Waals surface area contributed by atoms with E-state index in [1.807, 2.05) is 36.4 Å². The van der Waals surface area contributed by atoms with E-state index in [1.165, 1.54) is 0 Å². The molecule has 4 heterocycles. The summed E-state index contributed by atoms with van der Waals surface area (Å²) >= 11 is 0. The van der Waals surface area contributed by atoms with Gasteiger partial charge in [0.05, 0.1) is 24.3 Å². The lowest BCUT2D eigenvalue weighted by Crippen LogP contribution is -2.31. The van der Waals surface area contributed by atoms with Crippen LogP contribution >= 0.6 is 0 Å². The highest BCUT2D eigenvalue weighted by Gasteiger charge is 2.34. The van der Waals surface area contributed by atoms with Crippen LogP contribution in [0, 0.1) is 23.6 Å². The first kappa shape index (κ1) is 33.0. The second-order valence-corrected chi connectivity index (χ2v) is 13.1. The topological polar surface area (TPSA) is 92.0 Å². The van der Waals surface area contributed by atoms with Gasteiger partial charge in [0.25, 0.3) is 0 Å². The first-order valence-corrected chi connectivity index (χ1v) is 16.6. The normalized spacial score (nSPS) is 18.4. The number of rotatable bonds is 11. The summed E-state index contributed by atoms with van der Waals surface area (Å²) in [5.41, 5.74) is 4.69. The van der Waals surface area contributed by atoms with Crippen LogP contribution in [0.3, 0.4) is 0 Å². The van der Waals surface area contributed by atoms with Gasteiger partial charge in [-0.1, -0.05) is 56.3 Å². The lowest BCUT2D eigenvalue weighted by molar-refractivity contribution is -0.138. The molecule has 0 saturated carbocycles. The molecule has 1 unspecified atom stereocenters. The van der Waals surface area contributed by atoms with Gasteiger partial charge in [0.15, 0.2) is 0 Å². The lowest BCUT2D eigenvalue weighted by atomic mass is 9.80. The van der Waals surface area contributed by atoms with Crippen molar-refractivity contribution in [2.45, 2.75) is 59.0 Å². The van der Waals surface area contributed by atoms with E-state index in [2.05, 4.69) is 51.1 Å². The van der Waals surface area contributed by atoms with Crippen molar-refractivity contribution in [3.05, 3.63) is 106 Å². The van der Waals surface area contributed by atoms with Gasteiger partial charge >= 0.3 is 6.18 Å². The number of hydrogen-bond acceptors (Lipinski definition) is 6. The first-order valence-electron chi connectivity index (χ1n) is 16.6. The Kier molecular flexibility index (Phi) is 9.25. The predicted molar refractivity (Wildman–Crippen MR) is 178 cm³/mol. The van der Waals surface area contributed by atoms with Crippen molar-refractivity contribution in [3.8, 4) is 11.3 Å². The quantitative estimate of drug-likeness (QED) is 0.0636. The molecule has 12 heteroatoms. The number of fused-ring (bicyclic) bond motifs is 2. The smallest absolute Gasteiger partial charge is 0.361 e. The standard InChI is InChI=1S/C37H38F4N6O2/c1-22-7-6-10-26(22)23(2)15-28-30(20-49-21-48-19-24-8-4-3-5-9-24)34-27(11-13-42-34)32(33(28)38)35-29-18-47(14-12-31(29)45-46-35)36-43-16-25(17-44-36)37(39,40)41/h3-9,11,13,16-17,22-23,26,42H,10,12,14-15,18-21H2,1-2H3,(H,45,46)/t22?,23-,26-/m1/s1. The maximum atomic E-state index is 17.3. The summed E-state index contributed by atoms with van der Waals surface area (Å²) in [7, 11) is 0. The SMILES string of the molecule is CC1C=CC[C@H]1[C@H](C)Cc1c(F)c(-c2n[nH]c3c2CN(c2ncc(C(F)(F)F)cn2)CC3)c2cc[nH]c2c1COCOCc1ccccc1. The van der Waals surface area contributed by atoms with Crippen molar-refractivity contribution in [1.29, 1.82) is 0 Å². The molecule has 5 aromatic rings. The van der Waals surface area contributed by atoms with E-state index in [-0.39, 0.29) is 37.6 Å². The minimum atomic E-state index is -4.53. The molecule has 7 rings (SSSR count). The molecule has 0 saturated heterocycles. The average Bonchev–Trinajstić information content (AvgIpc) is 3.86. The molecule has 3 aromatic heterocycles. The summed E-state index contributed by atoms with van der Waals surface area (Å²) in [6.45, 7) is 5.73. The maximum Gasteiger partial charge on any atom is 0.419 e. The molecule has 3 atom stereocenters. The van der Waals surface area contributed by atoms with Crippen LogP contribution in [-0.2, 0) is 48.3 Å². The highest BCUT2D eigenvalue weighted by Crippen LogP contribution is 2.42. The highest BCUT2D eigenvalue weighted by atomic mass is 19.4. The molecule has 0 radical (unpaired) electrons. The number of alkyl halides is 3. The highest BCUT2D eigenvalue weighted by molar-refractivity contribution is 5.98. The third kappa shape index (κ3) is 6.71. The van der Waals surface area contributed by atoms with Crippen LogP contribution in [0.1, 0.15) is 53.8 Å². The molecule has 0 spiro atoms. The number of benzene rings is 2. The molecule has 8 nitrogen and oxygen atoms in total. The van der Waals surface area contributed by atoms with E-state index < -0.39 is 11.7 Å². The van der Waals surface area contributed by atoms with Gasteiger partial charge in [0.1, 0.15) is 18.3 Å². The molecule has 49 heavy (non-hydrogen) atoms. The number of halogens is 4. The second kappa shape index (κ2) is 13.8. The molecule has 256 valence electrons. The maximum absolute atomic E-state index is 17.3. The van der Waals surface area contributed by atoms with E-state index in [9.17, 15) is 13.2 Å². The zero-order valence-electron chi connectivity index (χ0n) is 27.4. The van der Waals surface area contributed by atoms with Crippen molar-refractivity contribution in [2.24, 2.45) is 17.8 Å². The summed E-state index contributed by atoms with van der Waals surface area (Å²) in [4.78, 5) is 13.2. The monoisotopic (exact) mass is 674 g/mol. The fourth-order valence-electron chi connectivity index (χ4n) is 7.25. The van der Waals surface area contributed by atoms with Crippen molar-refractivity contribution in [3.63, 3.8) is 0 Å². The molecule has 2 N–H and O–H groups in total. The number of ether oxygens (including phenoxy) is 2. The van der Waals surface area contributed by atoms with Gasteiger partial charge in [-0.2, -0.15) is 18.3 Å². The Morgan fingerprint density at radius 3 is 2.55 bits per heavy atom. The second-order valence-electron chi connectivity index (χ2n) is 13.1. The third-order valence-corrected chi connectivity index (χ3v) is 9.89. The molecular formula is C37H38F4N6O2. The number of allylic oxidation sites excluding steroid dienone is 2. The average molecular weight is 675 g/mol. The van der Waals surface area contributed by atoms with E-state index in [1.54, 1.807) is 11.1 Å². The van der Waals surface area contributed by atoms with E-state index in [0.717, 1.165) is 46.7 Å². The minimum absolute atomic E-state index is 0.0494. The fraction of sp³-hybridized carbons (Fsp3) is 0.378. The number of H-pyrrole nitrogens is 2. The zero-order chi connectivity index (χ0) is 34.1. The number of nitrogens with zero attached hydrogens (tertiary/aromatic N) is 4. The number of aromatic amines is 2. The van der Waals surface area contributed by atoms with Crippen LogP contribution in [0.15, 0.2) is 67.1 Å². The summed E-state index contributed by atoms with van der Waals surface area (Å²) < 4.78 is 68.5. The van der Waals surface area contributed by atoms with Gasteiger partial charge in [-0.15, -0.1) is 0 Å². The summed E-state index contributed by atoms with van der Waals surface area (Å²) in [6, 6.07) is 11.7. The van der Waals surface area contributed by atoms with Crippen molar-refractivity contribution >= 4 is 16.9 Å². The molecular weight excluding hydrogens is 636 g/mol. The zero-order valence-corrected chi connectivity index (χ0v) is 27.4. The number of hydrogen-bond donors (Lipinski definition) is 2. The number of anilines is 1. The molecule has 2 aromatic carbocycles. The van der Waals surface area contributed by atoms with Gasteiger partial charge < -0.3 is 19.4 Å². The van der Waals surface area contributed by atoms with Crippen molar-refractivity contribution in [1.82, 2.24) is 25.1 Å². The Hall–Kier alpha value is -4.55. The van der Waals surface area contributed by atoms with Crippen LogP contribution in [0.2, 0.25) is 0 Å². The first-order chi connectivity index (χ1) is 23.7. The van der Waals surface area contributed by atoms with Gasteiger partial charge in [-0.3, -0.25) is 5.10 Å². The summed E-state index contributed by atoms with van der Waals surface area (Å²) in [5.74, 6) is 0.802. The molecule has 2 aliphatic rings. The number of nitrogens with one attached hydrogen (secondary N) is 2.